The predicted octanol–water partition coefficient (Wildman–Crippen LogP) is 7.38. The molecule has 1 aliphatic heterocycles. The van der Waals surface area contributed by atoms with Crippen molar-refractivity contribution in [2.75, 3.05) is 6.61 Å². The molecule has 0 radical (unpaired) electrons. The van der Waals surface area contributed by atoms with Gasteiger partial charge in [-0.2, -0.15) is 0 Å². The van der Waals surface area contributed by atoms with Gasteiger partial charge >= 0.3 is 0 Å². The summed E-state index contributed by atoms with van der Waals surface area (Å²) in [6, 6.07) is 10.1. The summed E-state index contributed by atoms with van der Waals surface area (Å²) in [5.74, 6) is 1.26. The Morgan fingerprint density at radius 3 is 2.50 bits per heavy atom. The lowest BCUT2D eigenvalue weighted by Crippen LogP contribution is -2.25. The van der Waals surface area contributed by atoms with Crippen LogP contribution < -0.4 is 4.74 Å². The maximum absolute atomic E-state index is 6.39. The molecule has 5 heteroatoms. The van der Waals surface area contributed by atoms with E-state index in [9.17, 15) is 0 Å². The molecule has 1 unspecified atom stereocenters. The van der Waals surface area contributed by atoms with E-state index in [0.29, 0.717) is 22.4 Å². The molecule has 0 saturated carbocycles. The Morgan fingerprint density at radius 2 is 1.88 bits per heavy atom. The topological polar surface area (TPSA) is 18.5 Å². The average Bonchev–Trinajstić information content (AvgIpc) is 2.60. The molecule has 0 spiro atoms. The molecule has 0 aliphatic carbocycles. The Hall–Kier alpha value is -0.740. The van der Waals surface area contributed by atoms with Gasteiger partial charge < -0.3 is 9.47 Å². The zero-order chi connectivity index (χ0) is 18.7. The average molecular weight is 458 g/mol. The fraction of sp³-hybridized carbons (Fsp3) is 0.429. The van der Waals surface area contributed by atoms with Crippen molar-refractivity contribution in [1.29, 1.82) is 0 Å². The van der Waals surface area contributed by atoms with Gasteiger partial charge in [0.1, 0.15) is 5.75 Å². The molecular weight excluding hydrogens is 435 g/mol. The molecule has 1 aliphatic rings. The molecule has 0 amide bonds. The lowest BCUT2D eigenvalue weighted by atomic mass is 9.96. The van der Waals surface area contributed by atoms with Gasteiger partial charge in [0.25, 0.3) is 0 Å². The summed E-state index contributed by atoms with van der Waals surface area (Å²) >= 11 is 16.2. The Kier molecular flexibility index (Phi) is 6.90. The second kappa shape index (κ2) is 8.97. The molecule has 0 aromatic heterocycles. The molecule has 2 nitrogen and oxygen atoms in total. The van der Waals surface area contributed by atoms with Crippen LogP contribution in [0.3, 0.4) is 0 Å². The van der Waals surface area contributed by atoms with Gasteiger partial charge in [0.05, 0.1) is 6.61 Å². The first-order valence-corrected chi connectivity index (χ1v) is 10.5. The minimum atomic E-state index is -0.137. The predicted molar refractivity (Wildman–Crippen MR) is 112 cm³/mol. The summed E-state index contributed by atoms with van der Waals surface area (Å²) in [6.07, 6.45) is 3.77. The highest BCUT2D eigenvalue weighted by Crippen LogP contribution is 2.34. The van der Waals surface area contributed by atoms with Crippen molar-refractivity contribution in [3.63, 3.8) is 0 Å². The van der Waals surface area contributed by atoms with Crippen molar-refractivity contribution < 1.29 is 9.47 Å². The molecular formula is C21H23BrCl2O2. The zero-order valence-electron chi connectivity index (χ0n) is 15.0. The SMILES string of the molecule is CC(C)c1cc(Cc2c(Cl)cc(Br)cc2Cl)ccc1OC1CCCCO1. The smallest absolute Gasteiger partial charge is 0.199 e. The standard InChI is InChI=1S/C21H23BrCl2O2/c1-13(2)16-9-14(10-17-18(23)11-15(22)12-19(17)24)6-7-20(16)26-21-5-3-4-8-25-21/h6-7,9,11-13,21H,3-5,8,10H2,1-2H3. The van der Waals surface area contributed by atoms with Gasteiger partial charge in [0, 0.05) is 27.4 Å². The fourth-order valence-corrected chi connectivity index (χ4v) is 4.50. The Morgan fingerprint density at radius 1 is 1.15 bits per heavy atom. The third-order valence-corrected chi connectivity index (χ3v) is 5.71. The monoisotopic (exact) mass is 456 g/mol. The highest BCUT2D eigenvalue weighted by atomic mass is 79.9. The van der Waals surface area contributed by atoms with E-state index in [0.717, 1.165) is 47.2 Å². The fourth-order valence-electron chi connectivity index (χ4n) is 3.16. The Balaban J connectivity index is 1.84. The zero-order valence-corrected chi connectivity index (χ0v) is 18.1. The van der Waals surface area contributed by atoms with Gasteiger partial charge in [-0.05, 0) is 53.6 Å². The maximum Gasteiger partial charge on any atom is 0.199 e. The van der Waals surface area contributed by atoms with Crippen molar-refractivity contribution in [3.8, 4) is 5.75 Å². The molecule has 2 aromatic carbocycles. The highest BCUT2D eigenvalue weighted by molar-refractivity contribution is 9.10. The van der Waals surface area contributed by atoms with Crippen LogP contribution in [0.1, 0.15) is 55.7 Å². The third-order valence-electron chi connectivity index (χ3n) is 4.58. The van der Waals surface area contributed by atoms with Crippen molar-refractivity contribution >= 4 is 39.1 Å². The van der Waals surface area contributed by atoms with Gasteiger partial charge in [0.2, 0.25) is 0 Å². The second-order valence-corrected chi connectivity index (χ2v) is 8.70. The van der Waals surface area contributed by atoms with Crippen molar-refractivity contribution in [2.24, 2.45) is 0 Å². The molecule has 0 N–H and O–H groups in total. The van der Waals surface area contributed by atoms with E-state index in [-0.39, 0.29) is 6.29 Å². The van der Waals surface area contributed by atoms with Gasteiger partial charge in [-0.1, -0.05) is 65.1 Å². The molecule has 1 fully saturated rings. The van der Waals surface area contributed by atoms with Crippen LogP contribution >= 0.6 is 39.1 Å². The van der Waals surface area contributed by atoms with Crippen LogP contribution in [0.15, 0.2) is 34.8 Å². The summed E-state index contributed by atoms with van der Waals surface area (Å²) in [5, 5.41) is 1.35. The van der Waals surface area contributed by atoms with Gasteiger partial charge in [-0.25, -0.2) is 0 Å². The molecule has 1 heterocycles. The van der Waals surface area contributed by atoms with Crippen LogP contribution in [-0.2, 0) is 11.2 Å². The van der Waals surface area contributed by atoms with E-state index in [1.165, 1.54) is 5.56 Å². The summed E-state index contributed by atoms with van der Waals surface area (Å²) in [4.78, 5) is 0. The van der Waals surface area contributed by atoms with Crippen LogP contribution in [0.2, 0.25) is 10.0 Å². The van der Waals surface area contributed by atoms with Crippen molar-refractivity contribution in [1.82, 2.24) is 0 Å². The van der Waals surface area contributed by atoms with Gasteiger partial charge in [0.15, 0.2) is 6.29 Å². The molecule has 2 aromatic rings. The summed E-state index contributed by atoms with van der Waals surface area (Å²) in [5.41, 5.74) is 3.29. The lowest BCUT2D eigenvalue weighted by molar-refractivity contribution is -0.106. The number of halogens is 3. The van der Waals surface area contributed by atoms with E-state index in [1.54, 1.807) is 0 Å². The Bertz CT molecular complexity index is 748. The minimum absolute atomic E-state index is 0.137. The van der Waals surface area contributed by atoms with Gasteiger partial charge in [-0.3, -0.25) is 0 Å². The molecule has 3 rings (SSSR count). The first-order valence-electron chi connectivity index (χ1n) is 8.98. The second-order valence-electron chi connectivity index (χ2n) is 6.97. The van der Waals surface area contributed by atoms with Crippen LogP contribution in [0.25, 0.3) is 0 Å². The van der Waals surface area contributed by atoms with Crippen molar-refractivity contribution in [3.05, 3.63) is 61.5 Å². The summed E-state index contributed by atoms with van der Waals surface area (Å²) < 4.78 is 12.7. The van der Waals surface area contributed by atoms with E-state index in [2.05, 4.69) is 41.9 Å². The highest BCUT2D eigenvalue weighted by Gasteiger charge is 2.18. The molecule has 1 atom stereocenters. The Labute approximate surface area is 173 Å². The van der Waals surface area contributed by atoms with Crippen LogP contribution in [0.4, 0.5) is 0 Å². The lowest BCUT2D eigenvalue weighted by Gasteiger charge is -2.25. The normalized spacial score (nSPS) is 17.5. The maximum atomic E-state index is 6.39. The quantitative estimate of drug-likeness (QED) is 0.466. The number of hydrogen-bond acceptors (Lipinski definition) is 2. The number of benzene rings is 2. The van der Waals surface area contributed by atoms with Crippen molar-refractivity contribution in [2.45, 2.75) is 51.7 Å². The van der Waals surface area contributed by atoms with Gasteiger partial charge in [-0.15, -0.1) is 0 Å². The largest absolute Gasteiger partial charge is 0.465 e. The first kappa shape index (κ1) is 20.0. The summed E-state index contributed by atoms with van der Waals surface area (Å²) in [6.45, 7) is 5.13. The number of rotatable bonds is 5. The first-order chi connectivity index (χ1) is 12.4. The molecule has 26 heavy (non-hydrogen) atoms. The van der Waals surface area contributed by atoms with E-state index in [4.69, 9.17) is 32.7 Å². The van der Waals surface area contributed by atoms with Crippen LogP contribution in [0.5, 0.6) is 5.75 Å². The molecule has 140 valence electrons. The van der Waals surface area contributed by atoms with Crippen LogP contribution in [-0.4, -0.2) is 12.9 Å². The van der Waals surface area contributed by atoms with E-state index in [1.807, 2.05) is 18.2 Å². The van der Waals surface area contributed by atoms with E-state index < -0.39 is 0 Å². The summed E-state index contributed by atoms with van der Waals surface area (Å²) in [7, 11) is 0. The van der Waals surface area contributed by atoms with Crippen LogP contribution in [0, 0.1) is 0 Å². The third kappa shape index (κ3) is 4.95. The molecule has 0 bridgehead atoms. The number of hydrogen-bond donors (Lipinski definition) is 0. The minimum Gasteiger partial charge on any atom is -0.465 e. The van der Waals surface area contributed by atoms with E-state index >= 15 is 0 Å². The number of ether oxygens (including phenoxy) is 2. The molecule has 1 saturated heterocycles.